The summed E-state index contributed by atoms with van der Waals surface area (Å²) < 4.78 is 5.47. The van der Waals surface area contributed by atoms with Crippen molar-refractivity contribution < 1.29 is 19.4 Å². The summed E-state index contributed by atoms with van der Waals surface area (Å²) in [5, 5.41) is 17.8. The molecule has 0 fully saturated rings. The van der Waals surface area contributed by atoms with Crippen LogP contribution < -0.4 is 0 Å². The summed E-state index contributed by atoms with van der Waals surface area (Å²) in [4.78, 5) is 10.5. The number of benzene rings is 1. The van der Waals surface area contributed by atoms with Crippen LogP contribution >= 0.6 is 0 Å². The molecule has 2 aromatic rings. The van der Waals surface area contributed by atoms with E-state index in [9.17, 15) is 9.90 Å². The Kier molecular flexibility index (Phi) is 3.25. The Labute approximate surface area is 98.1 Å². The second-order valence-electron chi connectivity index (χ2n) is 3.69. The Morgan fingerprint density at radius 2 is 1.88 bits per heavy atom. The van der Waals surface area contributed by atoms with Gasteiger partial charge >= 0.3 is 5.97 Å². The zero-order valence-electron chi connectivity index (χ0n) is 9.04. The molecule has 0 spiro atoms. The van der Waals surface area contributed by atoms with Gasteiger partial charge < -0.3 is 14.6 Å². The van der Waals surface area contributed by atoms with Crippen LogP contribution in [0.15, 0.2) is 46.9 Å². The summed E-state index contributed by atoms with van der Waals surface area (Å²) in [5.41, 5.74) is 0.920. The van der Waals surface area contributed by atoms with Gasteiger partial charge in [-0.3, -0.25) is 0 Å². The van der Waals surface area contributed by atoms with E-state index >= 15 is 0 Å². The number of carboxylic acids is 1. The van der Waals surface area contributed by atoms with E-state index in [0.29, 0.717) is 11.5 Å². The molecule has 1 atom stereocenters. The molecular weight excluding hydrogens is 220 g/mol. The first-order chi connectivity index (χ1) is 8.16. The Balaban J connectivity index is 2.14. The van der Waals surface area contributed by atoms with Crippen molar-refractivity contribution in [2.75, 3.05) is 0 Å². The monoisotopic (exact) mass is 232 g/mol. The zero-order chi connectivity index (χ0) is 12.3. The smallest absolute Gasteiger partial charge is 0.332 e. The normalized spacial score (nSPS) is 12.3. The number of aliphatic carboxylic acids is 1. The van der Waals surface area contributed by atoms with Gasteiger partial charge in [-0.05, 0) is 12.1 Å². The summed E-state index contributed by atoms with van der Waals surface area (Å²) in [6.45, 7) is 0. The van der Waals surface area contributed by atoms with Crippen molar-refractivity contribution in [3.8, 4) is 11.3 Å². The lowest BCUT2D eigenvalue weighted by Crippen LogP contribution is -2.21. The van der Waals surface area contributed by atoms with E-state index < -0.39 is 12.1 Å². The molecule has 88 valence electrons. The van der Waals surface area contributed by atoms with Gasteiger partial charge in [0.05, 0.1) is 0 Å². The first-order valence-corrected chi connectivity index (χ1v) is 5.22. The lowest BCUT2D eigenvalue weighted by molar-refractivity contribution is -0.146. The van der Waals surface area contributed by atoms with Gasteiger partial charge in [0.2, 0.25) is 0 Å². The minimum atomic E-state index is -1.43. The molecule has 0 aliphatic rings. The lowest BCUT2D eigenvalue weighted by Gasteiger charge is -2.01. The van der Waals surface area contributed by atoms with Gasteiger partial charge in [-0.1, -0.05) is 30.3 Å². The average molecular weight is 232 g/mol. The van der Waals surface area contributed by atoms with Crippen LogP contribution in [0.1, 0.15) is 5.76 Å². The van der Waals surface area contributed by atoms with Crippen molar-refractivity contribution in [2.24, 2.45) is 0 Å². The number of aliphatic hydroxyl groups excluding tert-OH is 1. The molecule has 2 N–H and O–H groups in total. The second-order valence-corrected chi connectivity index (χ2v) is 3.69. The van der Waals surface area contributed by atoms with Crippen molar-refractivity contribution in [2.45, 2.75) is 12.5 Å². The Morgan fingerprint density at radius 3 is 2.53 bits per heavy atom. The predicted molar refractivity (Wildman–Crippen MR) is 61.5 cm³/mol. The van der Waals surface area contributed by atoms with E-state index in [1.807, 2.05) is 30.3 Å². The molecule has 0 saturated carbocycles. The molecule has 0 bridgehead atoms. The van der Waals surface area contributed by atoms with E-state index in [-0.39, 0.29) is 6.42 Å². The maximum atomic E-state index is 10.5. The average Bonchev–Trinajstić information content (AvgIpc) is 2.78. The Hall–Kier alpha value is -2.07. The van der Waals surface area contributed by atoms with Crippen molar-refractivity contribution in [3.05, 3.63) is 48.2 Å². The van der Waals surface area contributed by atoms with Crippen molar-refractivity contribution >= 4 is 5.97 Å². The fraction of sp³-hybridized carbons (Fsp3) is 0.154. The highest BCUT2D eigenvalue weighted by atomic mass is 16.4. The molecule has 0 radical (unpaired) electrons. The molecule has 1 unspecified atom stereocenters. The third-order valence-corrected chi connectivity index (χ3v) is 2.40. The van der Waals surface area contributed by atoms with Crippen molar-refractivity contribution in [1.29, 1.82) is 0 Å². The van der Waals surface area contributed by atoms with Crippen LogP contribution in [-0.4, -0.2) is 22.3 Å². The summed E-state index contributed by atoms with van der Waals surface area (Å²) in [7, 11) is 0. The third-order valence-electron chi connectivity index (χ3n) is 2.40. The highest BCUT2D eigenvalue weighted by Gasteiger charge is 2.16. The van der Waals surface area contributed by atoms with Crippen LogP contribution in [0.2, 0.25) is 0 Å². The molecule has 0 aliphatic heterocycles. The molecule has 1 aromatic heterocycles. The highest BCUT2D eigenvalue weighted by Crippen LogP contribution is 2.22. The number of carboxylic acid groups (broad SMARTS) is 1. The fourth-order valence-corrected chi connectivity index (χ4v) is 1.52. The maximum absolute atomic E-state index is 10.5. The molecule has 4 heteroatoms. The van der Waals surface area contributed by atoms with Gasteiger partial charge in [-0.2, -0.15) is 0 Å². The molecule has 4 nitrogen and oxygen atoms in total. The molecule has 2 rings (SSSR count). The number of rotatable bonds is 4. The first-order valence-electron chi connectivity index (χ1n) is 5.22. The van der Waals surface area contributed by atoms with Crippen LogP contribution in [-0.2, 0) is 11.2 Å². The molecule has 1 heterocycles. The van der Waals surface area contributed by atoms with E-state index in [2.05, 4.69) is 0 Å². The van der Waals surface area contributed by atoms with Gasteiger partial charge in [-0.15, -0.1) is 0 Å². The van der Waals surface area contributed by atoms with E-state index in [4.69, 9.17) is 9.52 Å². The number of hydrogen-bond acceptors (Lipinski definition) is 3. The van der Waals surface area contributed by atoms with E-state index in [0.717, 1.165) is 5.56 Å². The minimum Gasteiger partial charge on any atom is -0.479 e. The van der Waals surface area contributed by atoms with Gasteiger partial charge in [0.1, 0.15) is 11.5 Å². The summed E-state index contributed by atoms with van der Waals surface area (Å²) in [6.07, 6.45) is -1.45. The predicted octanol–water partition coefficient (Wildman–Crippen LogP) is 1.93. The minimum absolute atomic E-state index is 0.0256. The standard InChI is InChI=1S/C13H12O4/c14-11(13(15)16)8-10-6-7-12(17-10)9-4-2-1-3-5-9/h1-7,11,14H,8H2,(H,15,16). The molecule has 1 aromatic carbocycles. The van der Waals surface area contributed by atoms with Crippen LogP contribution in [0, 0.1) is 0 Å². The zero-order valence-corrected chi connectivity index (χ0v) is 9.04. The number of hydrogen-bond donors (Lipinski definition) is 2. The van der Waals surface area contributed by atoms with Crippen LogP contribution in [0.3, 0.4) is 0 Å². The van der Waals surface area contributed by atoms with Crippen LogP contribution in [0.25, 0.3) is 11.3 Å². The lowest BCUT2D eigenvalue weighted by atomic mass is 10.2. The topological polar surface area (TPSA) is 70.7 Å². The fourth-order valence-electron chi connectivity index (χ4n) is 1.52. The number of furan rings is 1. The maximum Gasteiger partial charge on any atom is 0.332 e. The quantitative estimate of drug-likeness (QED) is 0.845. The third kappa shape index (κ3) is 2.73. The SMILES string of the molecule is O=C(O)C(O)Cc1ccc(-c2ccccc2)o1. The van der Waals surface area contributed by atoms with Crippen LogP contribution in [0.4, 0.5) is 0 Å². The molecule has 0 aliphatic carbocycles. The van der Waals surface area contributed by atoms with Gasteiger partial charge in [0.15, 0.2) is 6.10 Å². The molecule has 17 heavy (non-hydrogen) atoms. The van der Waals surface area contributed by atoms with Crippen molar-refractivity contribution in [3.63, 3.8) is 0 Å². The van der Waals surface area contributed by atoms with Crippen molar-refractivity contribution in [1.82, 2.24) is 0 Å². The van der Waals surface area contributed by atoms with Gasteiger partial charge in [0, 0.05) is 12.0 Å². The van der Waals surface area contributed by atoms with Crippen LogP contribution in [0.5, 0.6) is 0 Å². The highest BCUT2D eigenvalue weighted by molar-refractivity contribution is 5.72. The van der Waals surface area contributed by atoms with E-state index in [1.165, 1.54) is 0 Å². The molecular formula is C13H12O4. The largest absolute Gasteiger partial charge is 0.479 e. The Bertz CT molecular complexity index is 501. The summed E-state index contributed by atoms with van der Waals surface area (Å²) >= 11 is 0. The number of aliphatic hydroxyl groups is 1. The molecule has 0 amide bonds. The first kappa shape index (κ1) is 11.4. The van der Waals surface area contributed by atoms with Gasteiger partial charge in [-0.25, -0.2) is 4.79 Å². The Morgan fingerprint density at radius 1 is 1.18 bits per heavy atom. The summed E-state index contributed by atoms with van der Waals surface area (Å²) in [5.74, 6) is -0.125. The van der Waals surface area contributed by atoms with E-state index in [1.54, 1.807) is 12.1 Å². The number of carbonyl (C=O) groups is 1. The van der Waals surface area contributed by atoms with Gasteiger partial charge in [0.25, 0.3) is 0 Å². The summed E-state index contributed by atoms with van der Waals surface area (Å²) in [6, 6.07) is 12.9. The second kappa shape index (κ2) is 4.84. The molecule has 0 saturated heterocycles.